The lowest BCUT2D eigenvalue weighted by atomic mass is 10.1. The van der Waals surface area contributed by atoms with Crippen LogP contribution in [0.5, 0.6) is 0 Å². The van der Waals surface area contributed by atoms with Crippen LogP contribution in [0.25, 0.3) is 0 Å². The van der Waals surface area contributed by atoms with Gasteiger partial charge in [0.15, 0.2) is 5.96 Å². The molecule has 0 fully saturated rings. The highest BCUT2D eigenvalue weighted by Crippen LogP contribution is 2.23. The minimum absolute atomic E-state index is 0.0296. The zero-order valence-electron chi connectivity index (χ0n) is 14.3. The molecule has 1 rings (SSSR count). The van der Waals surface area contributed by atoms with Gasteiger partial charge < -0.3 is 25.8 Å². The number of rotatable bonds is 9. The predicted molar refractivity (Wildman–Crippen MR) is 100 cm³/mol. The molecular formula is C16H24Cl2N4O3. The highest BCUT2D eigenvalue weighted by atomic mass is 35.5. The van der Waals surface area contributed by atoms with Gasteiger partial charge >= 0.3 is 0 Å². The van der Waals surface area contributed by atoms with E-state index in [1.807, 2.05) is 6.92 Å². The minimum atomic E-state index is -0.824. The second-order valence-corrected chi connectivity index (χ2v) is 6.01. The molecule has 1 aromatic rings. The SMILES string of the molecule is CCNC(=NCC(=O)NCCOC)NCC(O)c1cc(Cl)cc(Cl)c1. The topological polar surface area (TPSA) is 95.0 Å². The number of benzene rings is 1. The van der Waals surface area contributed by atoms with E-state index in [2.05, 4.69) is 20.9 Å². The van der Waals surface area contributed by atoms with Gasteiger partial charge in [-0.05, 0) is 30.7 Å². The average molecular weight is 391 g/mol. The molecule has 0 spiro atoms. The average Bonchev–Trinajstić information content (AvgIpc) is 2.56. The molecule has 0 saturated carbocycles. The first-order valence-corrected chi connectivity index (χ1v) is 8.63. The van der Waals surface area contributed by atoms with Crippen LogP contribution in [0.1, 0.15) is 18.6 Å². The van der Waals surface area contributed by atoms with Gasteiger partial charge in [0.2, 0.25) is 5.91 Å². The van der Waals surface area contributed by atoms with Crippen LogP contribution in [0.2, 0.25) is 10.0 Å². The van der Waals surface area contributed by atoms with Gasteiger partial charge in [0.1, 0.15) is 6.54 Å². The zero-order valence-corrected chi connectivity index (χ0v) is 15.8. The molecule has 1 unspecified atom stereocenters. The highest BCUT2D eigenvalue weighted by Gasteiger charge is 2.11. The number of aliphatic imine (C=N–C) groups is 1. The number of carbonyl (C=O) groups excluding carboxylic acids is 1. The van der Waals surface area contributed by atoms with E-state index < -0.39 is 6.10 Å². The first kappa shape index (κ1) is 21.5. The van der Waals surface area contributed by atoms with Gasteiger partial charge in [0, 0.05) is 36.8 Å². The molecule has 0 aliphatic carbocycles. The number of hydrogen-bond acceptors (Lipinski definition) is 4. The van der Waals surface area contributed by atoms with Gasteiger partial charge in [-0.1, -0.05) is 23.2 Å². The van der Waals surface area contributed by atoms with Crippen molar-refractivity contribution >= 4 is 35.1 Å². The van der Waals surface area contributed by atoms with E-state index in [9.17, 15) is 9.90 Å². The van der Waals surface area contributed by atoms with Crippen LogP contribution in [-0.4, -0.2) is 56.9 Å². The summed E-state index contributed by atoms with van der Waals surface area (Å²) in [5.41, 5.74) is 0.596. The van der Waals surface area contributed by atoms with Crippen molar-refractivity contribution in [1.29, 1.82) is 0 Å². The van der Waals surface area contributed by atoms with Crippen molar-refractivity contribution in [3.8, 4) is 0 Å². The van der Waals surface area contributed by atoms with E-state index in [1.165, 1.54) is 0 Å². The first-order valence-electron chi connectivity index (χ1n) is 7.88. The summed E-state index contributed by atoms with van der Waals surface area (Å²) in [4.78, 5) is 15.8. The normalized spacial score (nSPS) is 12.6. The molecule has 1 atom stereocenters. The molecule has 140 valence electrons. The van der Waals surface area contributed by atoms with E-state index in [0.717, 1.165) is 0 Å². The van der Waals surface area contributed by atoms with Crippen molar-refractivity contribution in [2.24, 2.45) is 4.99 Å². The van der Waals surface area contributed by atoms with Crippen molar-refractivity contribution in [2.75, 3.05) is 39.9 Å². The summed E-state index contributed by atoms with van der Waals surface area (Å²) in [6.07, 6.45) is -0.824. The maximum absolute atomic E-state index is 11.7. The van der Waals surface area contributed by atoms with Gasteiger partial charge in [-0.15, -0.1) is 0 Å². The van der Waals surface area contributed by atoms with Crippen LogP contribution in [0.15, 0.2) is 23.2 Å². The Bertz CT molecular complexity index is 564. The second kappa shape index (κ2) is 11.9. The Morgan fingerprint density at radius 2 is 1.92 bits per heavy atom. The molecule has 25 heavy (non-hydrogen) atoms. The number of methoxy groups -OCH3 is 1. The quantitative estimate of drug-likeness (QED) is 0.290. The fourth-order valence-corrected chi connectivity index (χ4v) is 2.46. The number of guanidine groups is 1. The van der Waals surface area contributed by atoms with E-state index in [0.29, 0.717) is 41.3 Å². The molecule has 7 nitrogen and oxygen atoms in total. The largest absolute Gasteiger partial charge is 0.387 e. The number of amides is 1. The Labute approximate surface area is 157 Å². The standard InChI is InChI=1S/C16H24Cl2N4O3/c1-3-19-16(22-10-15(24)20-4-5-25-2)21-9-14(23)11-6-12(17)8-13(18)7-11/h6-8,14,23H,3-5,9-10H2,1-2H3,(H,20,24)(H2,19,21,22). The fourth-order valence-electron chi connectivity index (χ4n) is 1.92. The maximum Gasteiger partial charge on any atom is 0.241 e. The third kappa shape index (κ3) is 8.92. The lowest BCUT2D eigenvalue weighted by Gasteiger charge is -2.16. The molecule has 0 aliphatic rings. The van der Waals surface area contributed by atoms with Crippen LogP contribution >= 0.6 is 23.2 Å². The second-order valence-electron chi connectivity index (χ2n) is 5.14. The van der Waals surface area contributed by atoms with E-state index in [1.54, 1.807) is 25.3 Å². The summed E-state index contributed by atoms with van der Waals surface area (Å²) in [6.45, 7) is 3.57. The van der Waals surface area contributed by atoms with Crippen LogP contribution in [0.4, 0.5) is 0 Å². The van der Waals surface area contributed by atoms with Crippen LogP contribution in [0.3, 0.4) is 0 Å². The molecule has 4 N–H and O–H groups in total. The molecule has 1 aromatic carbocycles. The van der Waals surface area contributed by atoms with Gasteiger partial charge in [-0.3, -0.25) is 4.79 Å². The summed E-state index contributed by atoms with van der Waals surface area (Å²) < 4.78 is 4.86. The number of ether oxygens (including phenoxy) is 1. The minimum Gasteiger partial charge on any atom is -0.387 e. The molecule has 9 heteroatoms. The summed E-state index contributed by atoms with van der Waals surface area (Å²) in [5, 5.41) is 19.8. The van der Waals surface area contributed by atoms with Crippen molar-refractivity contribution in [3.63, 3.8) is 0 Å². The highest BCUT2D eigenvalue weighted by molar-refractivity contribution is 6.34. The number of halogens is 2. The molecule has 0 radical (unpaired) electrons. The van der Waals surface area contributed by atoms with E-state index in [-0.39, 0.29) is 19.0 Å². The molecule has 0 aromatic heterocycles. The third-order valence-electron chi connectivity index (χ3n) is 3.09. The fraction of sp³-hybridized carbons (Fsp3) is 0.500. The number of nitrogens with one attached hydrogen (secondary N) is 3. The smallest absolute Gasteiger partial charge is 0.241 e. The summed E-state index contributed by atoms with van der Waals surface area (Å²) >= 11 is 11.9. The molecular weight excluding hydrogens is 367 g/mol. The maximum atomic E-state index is 11.7. The third-order valence-corrected chi connectivity index (χ3v) is 3.52. The monoisotopic (exact) mass is 390 g/mol. The van der Waals surface area contributed by atoms with Crippen LogP contribution < -0.4 is 16.0 Å². The predicted octanol–water partition coefficient (Wildman–Crippen LogP) is 1.34. The van der Waals surface area contributed by atoms with E-state index >= 15 is 0 Å². The number of hydrogen-bond donors (Lipinski definition) is 4. The zero-order chi connectivity index (χ0) is 18.7. The molecule has 0 saturated heterocycles. The van der Waals surface area contributed by atoms with Crippen molar-refractivity contribution < 1.29 is 14.6 Å². The van der Waals surface area contributed by atoms with Gasteiger partial charge in [0.25, 0.3) is 0 Å². The van der Waals surface area contributed by atoms with Gasteiger partial charge in [-0.25, -0.2) is 4.99 Å². The van der Waals surface area contributed by atoms with Crippen LogP contribution in [-0.2, 0) is 9.53 Å². The van der Waals surface area contributed by atoms with Crippen molar-refractivity contribution in [2.45, 2.75) is 13.0 Å². The van der Waals surface area contributed by atoms with Crippen LogP contribution in [0, 0.1) is 0 Å². The molecule has 0 aliphatic heterocycles. The van der Waals surface area contributed by atoms with Crippen molar-refractivity contribution in [1.82, 2.24) is 16.0 Å². The molecule has 0 bridgehead atoms. The Morgan fingerprint density at radius 3 is 2.52 bits per heavy atom. The number of aliphatic hydroxyl groups excluding tert-OH is 1. The molecule has 0 heterocycles. The Hall–Kier alpha value is -1.54. The first-order chi connectivity index (χ1) is 12.0. The Balaban J connectivity index is 2.56. The van der Waals surface area contributed by atoms with Gasteiger partial charge in [-0.2, -0.15) is 0 Å². The number of nitrogens with zero attached hydrogens (tertiary/aromatic N) is 1. The molecule has 1 amide bonds. The lowest BCUT2D eigenvalue weighted by molar-refractivity contribution is -0.119. The number of carbonyl (C=O) groups is 1. The summed E-state index contributed by atoms with van der Waals surface area (Å²) in [6, 6.07) is 4.89. The Kier molecular flexibility index (Phi) is 10.3. The number of aliphatic hydroxyl groups is 1. The Morgan fingerprint density at radius 1 is 1.24 bits per heavy atom. The van der Waals surface area contributed by atoms with Crippen molar-refractivity contribution in [3.05, 3.63) is 33.8 Å². The summed E-state index contributed by atoms with van der Waals surface area (Å²) in [5.74, 6) is 0.216. The summed E-state index contributed by atoms with van der Waals surface area (Å²) in [7, 11) is 1.57. The van der Waals surface area contributed by atoms with E-state index in [4.69, 9.17) is 27.9 Å². The lowest BCUT2D eigenvalue weighted by Crippen LogP contribution is -2.40. The van der Waals surface area contributed by atoms with Gasteiger partial charge in [0.05, 0.1) is 12.7 Å².